The number of amides is 1. The van der Waals surface area contributed by atoms with Gasteiger partial charge in [-0.1, -0.05) is 54.4 Å². The lowest BCUT2D eigenvalue weighted by atomic mass is 9.68. The van der Waals surface area contributed by atoms with Gasteiger partial charge in [0.15, 0.2) is 0 Å². The van der Waals surface area contributed by atoms with Gasteiger partial charge in [-0.05, 0) is 41.8 Å². The van der Waals surface area contributed by atoms with E-state index in [-0.39, 0.29) is 24.3 Å². The Kier molecular flexibility index (Phi) is 5.26. The summed E-state index contributed by atoms with van der Waals surface area (Å²) in [6, 6.07) is 14.5. The van der Waals surface area contributed by atoms with Crippen LogP contribution in [0.1, 0.15) is 42.9 Å². The van der Waals surface area contributed by atoms with Crippen LogP contribution in [0.4, 0.5) is 0 Å². The molecule has 3 rings (SSSR count). The van der Waals surface area contributed by atoms with Crippen LogP contribution in [0, 0.1) is 5.41 Å². The number of carbonyl (C=O) groups is 2. The van der Waals surface area contributed by atoms with E-state index >= 15 is 0 Å². The summed E-state index contributed by atoms with van der Waals surface area (Å²) in [6.45, 7) is 1.70. The van der Waals surface area contributed by atoms with Gasteiger partial charge >= 0.3 is 5.97 Å². The Morgan fingerprint density at radius 1 is 1.15 bits per heavy atom. The van der Waals surface area contributed by atoms with E-state index in [1.54, 1.807) is 25.1 Å². The first-order valence-corrected chi connectivity index (χ1v) is 9.08. The van der Waals surface area contributed by atoms with Gasteiger partial charge in [-0.2, -0.15) is 0 Å². The van der Waals surface area contributed by atoms with E-state index in [0.29, 0.717) is 16.5 Å². The monoisotopic (exact) mass is 391 g/mol. The number of halogens is 2. The highest BCUT2D eigenvalue weighted by Gasteiger charge is 2.46. The molecule has 0 aromatic heterocycles. The van der Waals surface area contributed by atoms with Crippen molar-refractivity contribution < 1.29 is 14.7 Å². The second-order valence-electron chi connectivity index (χ2n) is 7.00. The van der Waals surface area contributed by atoms with Crippen LogP contribution in [0.3, 0.4) is 0 Å². The summed E-state index contributed by atoms with van der Waals surface area (Å²) in [4.78, 5) is 24.0. The summed E-state index contributed by atoms with van der Waals surface area (Å²) in [5.41, 5.74) is 0.904. The standard InChI is InChI=1S/C20H19Cl2NO3/c1-20(11-17(24)25)10-16(13-3-2-4-15(22)9-13)18(23-19(20)26)12-5-7-14(21)8-6-12/h2-9,16,18H,10-11H2,1H3,(H,23,26)(H,24,25). The maximum atomic E-state index is 12.7. The van der Waals surface area contributed by atoms with Crippen molar-refractivity contribution in [2.45, 2.75) is 31.7 Å². The largest absolute Gasteiger partial charge is 0.481 e. The Bertz CT molecular complexity index is 837. The normalized spacial score (nSPS) is 25.6. The van der Waals surface area contributed by atoms with Crippen LogP contribution in [-0.2, 0) is 9.59 Å². The third-order valence-corrected chi connectivity index (χ3v) is 5.44. The van der Waals surface area contributed by atoms with Gasteiger partial charge in [-0.25, -0.2) is 0 Å². The van der Waals surface area contributed by atoms with E-state index in [9.17, 15) is 14.7 Å². The molecule has 3 atom stereocenters. The SMILES string of the molecule is CC1(CC(=O)O)CC(c2cccc(Cl)c2)C(c2ccc(Cl)cc2)NC1=O. The average Bonchev–Trinajstić information content (AvgIpc) is 2.57. The molecule has 0 bridgehead atoms. The molecule has 2 aromatic carbocycles. The van der Waals surface area contributed by atoms with Crippen LogP contribution in [0.15, 0.2) is 48.5 Å². The molecular formula is C20H19Cl2NO3. The van der Waals surface area contributed by atoms with Gasteiger partial charge < -0.3 is 10.4 Å². The molecule has 2 aromatic rings. The van der Waals surface area contributed by atoms with Crippen molar-refractivity contribution in [2.24, 2.45) is 5.41 Å². The molecule has 1 aliphatic heterocycles. The van der Waals surface area contributed by atoms with Crippen molar-refractivity contribution in [3.63, 3.8) is 0 Å². The van der Waals surface area contributed by atoms with Gasteiger partial charge in [0.1, 0.15) is 0 Å². The van der Waals surface area contributed by atoms with E-state index < -0.39 is 11.4 Å². The number of aliphatic carboxylic acids is 1. The smallest absolute Gasteiger partial charge is 0.304 e. The Labute approximate surface area is 162 Å². The van der Waals surface area contributed by atoms with Crippen LogP contribution < -0.4 is 5.32 Å². The van der Waals surface area contributed by atoms with Gasteiger partial charge in [0.25, 0.3) is 0 Å². The summed E-state index contributed by atoms with van der Waals surface area (Å²) in [5.74, 6) is -1.34. The quantitative estimate of drug-likeness (QED) is 0.784. The molecule has 6 heteroatoms. The van der Waals surface area contributed by atoms with Crippen LogP contribution in [-0.4, -0.2) is 17.0 Å². The summed E-state index contributed by atoms with van der Waals surface area (Å²) < 4.78 is 0. The minimum atomic E-state index is -0.988. The number of carbonyl (C=O) groups excluding carboxylic acids is 1. The van der Waals surface area contributed by atoms with Gasteiger partial charge in [0.05, 0.1) is 17.9 Å². The Balaban J connectivity index is 2.03. The third kappa shape index (κ3) is 3.87. The molecule has 1 heterocycles. The number of hydrogen-bond acceptors (Lipinski definition) is 2. The Morgan fingerprint density at radius 3 is 2.46 bits per heavy atom. The van der Waals surface area contributed by atoms with E-state index in [1.165, 1.54) is 0 Å². The summed E-state index contributed by atoms with van der Waals surface area (Å²) in [6.07, 6.45) is 0.196. The van der Waals surface area contributed by atoms with E-state index in [4.69, 9.17) is 23.2 Å². The van der Waals surface area contributed by atoms with E-state index in [2.05, 4.69) is 5.32 Å². The second-order valence-corrected chi connectivity index (χ2v) is 7.87. The zero-order chi connectivity index (χ0) is 18.9. The summed E-state index contributed by atoms with van der Waals surface area (Å²) >= 11 is 12.1. The zero-order valence-corrected chi connectivity index (χ0v) is 15.7. The predicted octanol–water partition coefficient (Wildman–Crippen LogP) is 4.82. The molecule has 4 nitrogen and oxygen atoms in total. The summed E-state index contributed by atoms with van der Waals surface area (Å²) in [5, 5.41) is 13.5. The number of carboxylic acids is 1. The van der Waals surface area contributed by atoms with Crippen molar-refractivity contribution in [1.29, 1.82) is 0 Å². The first-order valence-electron chi connectivity index (χ1n) is 8.32. The Hall–Kier alpha value is -2.04. The van der Waals surface area contributed by atoms with Crippen molar-refractivity contribution in [1.82, 2.24) is 5.32 Å². The molecule has 0 saturated carbocycles. The number of nitrogens with one attached hydrogen (secondary N) is 1. The van der Waals surface area contributed by atoms with Crippen LogP contribution in [0.5, 0.6) is 0 Å². The fourth-order valence-electron chi connectivity index (χ4n) is 3.63. The number of hydrogen-bond donors (Lipinski definition) is 2. The molecule has 26 heavy (non-hydrogen) atoms. The van der Waals surface area contributed by atoms with Gasteiger partial charge in [0.2, 0.25) is 5.91 Å². The molecule has 1 amide bonds. The number of piperidine rings is 1. The number of carboxylic acid groups (broad SMARTS) is 1. The third-order valence-electron chi connectivity index (χ3n) is 4.95. The van der Waals surface area contributed by atoms with Gasteiger partial charge in [0, 0.05) is 16.0 Å². The van der Waals surface area contributed by atoms with Gasteiger partial charge in [-0.15, -0.1) is 0 Å². The van der Waals surface area contributed by atoms with E-state index in [0.717, 1.165) is 11.1 Å². The minimum absolute atomic E-state index is 0.100. The van der Waals surface area contributed by atoms with Crippen molar-refractivity contribution in [3.8, 4) is 0 Å². The molecule has 2 N–H and O–H groups in total. The van der Waals surface area contributed by atoms with Crippen LogP contribution in [0.25, 0.3) is 0 Å². The first-order chi connectivity index (χ1) is 12.3. The molecular weight excluding hydrogens is 373 g/mol. The van der Waals surface area contributed by atoms with E-state index in [1.807, 2.05) is 30.3 Å². The molecule has 3 unspecified atom stereocenters. The highest BCUT2D eigenvalue weighted by Crippen LogP contribution is 2.46. The van der Waals surface area contributed by atoms with Gasteiger partial charge in [-0.3, -0.25) is 9.59 Å². The number of benzene rings is 2. The van der Waals surface area contributed by atoms with Crippen LogP contribution in [0.2, 0.25) is 10.0 Å². The molecule has 136 valence electrons. The molecule has 1 aliphatic rings. The highest BCUT2D eigenvalue weighted by molar-refractivity contribution is 6.30. The Morgan fingerprint density at radius 2 is 1.85 bits per heavy atom. The predicted molar refractivity (Wildman–Crippen MR) is 102 cm³/mol. The molecule has 1 fully saturated rings. The van der Waals surface area contributed by atoms with Crippen molar-refractivity contribution in [2.75, 3.05) is 0 Å². The second kappa shape index (κ2) is 7.29. The van der Waals surface area contributed by atoms with Crippen LogP contribution >= 0.6 is 23.2 Å². The lowest BCUT2D eigenvalue weighted by molar-refractivity contribution is -0.147. The maximum absolute atomic E-state index is 12.7. The molecule has 0 aliphatic carbocycles. The fourth-order valence-corrected chi connectivity index (χ4v) is 3.96. The lowest BCUT2D eigenvalue weighted by Gasteiger charge is -2.42. The minimum Gasteiger partial charge on any atom is -0.481 e. The summed E-state index contributed by atoms with van der Waals surface area (Å²) in [7, 11) is 0. The highest BCUT2D eigenvalue weighted by atomic mass is 35.5. The topological polar surface area (TPSA) is 66.4 Å². The first kappa shape index (κ1) is 18.7. The van der Waals surface area contributed by atoms with Crippen molar-refractivity contribution >= 4 is 35.1 Å². The number of rotatable bonds is 4. The maximum Gasteiger partial charge on any atom is 0.304 e. The molecule has 0 radical (unpaired) electrons. The molecule has 1 saturated heterocycles. The zero-order valence-electron chi connectivity index (χ0n) is 14.2. The lowest BCUT2D eigenvalue weighted by Crippen LogP contribution is -2.50. The molecule has 0 spiro atoms. The fraction of sp³-hybridized carbons (Fsp3) is 0.300. The average molecular weight is 392 g/mol. The van der Waals surface area contributed by atoms with Crippen molar-refractivity contribution in [3.05, 3.63) is 69.7 Å².